The summed E-state index contributed by atoms with van der Waals surface area (Å²) in [7, 11) is -11.0. The fourth-order valence-corrected chi connectivity index (χ4v) is 6.76. The van der Waals surface area contributed by atoms with Crippen LogP contribution in [0.15, 0.2) is 11.1 Å². The Bertz CT molecular complexity index is 1210. The predicted octanol–water partition coefficient (Wildman–Crippen LogP) is -1.49. The van der Waals surface area contributed by atoms with Gasteiger partial charge in [-0.3, -0.25) is 9.36 Å². The molecule has 3 heterocycles. The molecule has 6 atom stereocenters. The van der Waals surface area contributed by atoms with Crippen LogP contribution in [0.3, 0.4) is 0 Å². The summed E-state index contributed by atoms with van der Waals surface area (Å²) >= 11 is 4.48. The normalized spacial score (nSPS) is 28.0. The van der Waals surface area contributed by atoms with Crippen molar-refractivity contribution in [3.05, 3.63) is 22.5 Å². The number of hydrogen-bond donors (Lipinski definition) is 7. The SMILES string of the molecule is Cc1nc2c(ncn2[C@@H]2O[C@H](COP(O)(=S)OP(=O)(O)OP(=O)(O)O)C(O)[C@@H]2O)c(=O)[nH]1. The van der Waals surface area contributed by atoms with Crippen LogP contribution in [-0.2, 0) is 38.8 Å². The molecule has 1 saturated heterocycles. The van der Waals surface area contributed by atoms with Crippen LogP contribution in [0.5, 0.6) is 0 Å². The smallest absolute Gasteiger partial charge is 0.387 e. The highest BCUT2D eigenvalue weighted by atomic mass is 32.5. The molecule has 2 aromatic heterocycles. The molecule has 0 aromatic carbocycles. The number of fused-ring (bicyclic) bond motifs is 1. The average Bonchev–Trinajstić information content (AvgIpc) is 3.12. The van der Waals surface area contributed by atoms with Gasteiger partial charge in [0.25, 0.3) is 5.56 Å². The largest absolute Gasteiger partial charge is 0.488 e. The van der Waals surface area contributed by atoms with Crippen molar-refractivity contribution >= 4 is 45.3 Å². The molecule has 7 N–H and O–H groups in total. The molecule has 3 rings (SSSR count). The summed E-state index contributed by atoms with van der Waals surface area (Å²) in [5, 5.41) is 20.6. The van der Waals surface area contributed by atoms with Crippen molar-refractivity contribution in [3.8, 4) is 0 Å². The van der Waals surface area contributed by atoms with Crippen molar-refractivity contribution < 1.29 is 56.8 Å². The molecular weight excluding hydrogens is 521 g/mol. The van der Waals surface area contributed by atoms with Gasteiger partial charge in [-0.25, -0.2) is 23.4 Å². The summed E-state index contributed by atoms with van der Waals surface area (Å²) in [6, 6.07) is 0. The first kappa shape index (κ1) is 25.7. The Morgan fingerprint density at radius 2 is 1.88 bits per heavy atom. The predicted molar refractivity (Wildman–Crippen MR) is 105 cm³/mol. The van der Waals surface area contributed by atoms with Crippen LogP contribution in [0.4, 0.5) is 0 Å². The number of aromatic amines is 1. The molecule has 1 aliphatic heterocycles. The molecule has 0 aliphatic carbocycles. The van der Waals surface area contributed by atoms with E-state index in [4.69, 9.17) is 19.0 Å². The van der Waals surface area contributed by atoms with E-state index in [-0.39, 0.29) is 17.0 Å². The van der Waals surface area contributed by atoms with E-state index >= 15 is 0 Å². The van der Waals surface area contributed by atoms with Gasteiger partial charge in [0.1, 0.15) is 24.1 Å². The van der Waals surface area contributed by atoms with E-state index in [9.17, 15) is 33.9 Å². The highest BCUT2D eigenvalue weighted by Crippen LogP contribution is 2.66. The fourth-order valence-electron chi connectivity index (χ4n) is 2.79. The number of hydrogen-bond acceptors (Lipinski definition) is 12. The molecule has 0 bridgehead atoms. The molecule has 2 aromatic rings. The first-order chi connectivity index (χ1) is 14.6. The third-order valence-electron chi connectivity index (χ3n) is 3.98. The van der Waals surface area contributed by atoms with Crippen molar-refractivity contribution in [2.45, 2.75) is 31.5 Å². The Kier molecular flexibility index (Phi) is 7.24. The van der Waals surface area contributed by atoms with Crippen molar-refractivity contribution in [2.75, 3.05) is 6.61 Å². The Balaban J connectivity index is 1.72. The van der Waals surface area contributed by atoms with Gasteiger partial charge < -0.3 is 44.0 Å². The van der Waals surface area contributed by atoms with E-state index in [1.807, 2.05) is 0 Å². The number of imidazole rings is 1. The lowest BCUT2D eigenvalue weighted by Crippen LogP contribution is -2.33. The van der Waals surface area contributed by atoms with Gasteiger partial charge in [0.05, 0.1) is 12.9 Å². The average molecular weight is 538 g/mol. The van der Waals surface area contributed by atoms with Crippen molar-refractivity contribution in [2.24, 2.45) is 0 Å². The molecule has 0 amide bonds. The highest BCUT2D eigenvalue weighted by Gasteiger charge is 2.46. The molecule has 21 heteroatoms. The quantitative estimate of drug-likeness (QED) is 0.189. The molecule has 0 spiro atoms. The Hall–Kier alpha value is -0.940. The first-order valence-electron chi connectivity index (χ1n) is 8.32. The van der Waals surface area contributed by atoms with Crippen molar-refractivity contribution in [1.29, 1.82) is 0 Å². The zero-order valence-electron chi connectivity index (χ0n) is 15.7. The minimum atomic E-state index is -5.51. The number of ether oxygens (including phenoxy) is 1. The number of rotatable bonds is 8. The third kappa shape index (κ3) is 5.94. The van der Waals surface area contributed by atoms with Crippen LogP contribution in [-0.4, -0.2) is 74.2 Å². The highest BCUT2D eigenvalue weighted by molar-refractivity contribution is 8.08. The summed E-state index contributed by atoms with van der Waals surface area (Å²) in [5.74, 6) is 0.251. The Morgan fingerprint density at radius 1 is 1.22 bits per heavy atom. The standard InChI is InChI=1S/C11H17N4O13P3S/c1-4-13-9-6(10(18)14-4)12-3-15(9)11-8(17)7(16)5(26-11)2-25-31(24,32)28-30(22,23)27-29(19,20)21/h3,5,7-8,11,16-17H,2H2,1H3,(H,22,23)(H,24,32)(H,13,14,18)(H2,19,20,21)/t5-,7?,8+,11-,31?/m1/s1. The maximum absolute atomic E-state index is 12.0. The Labute approximate surface area is 182 Å². The summed E-state index contributed by atoms with van der Waals surface area (Å²) < 4.78 is 41.2. The van der Waals surface area contributed by atoms with Crippen LogP contribution in [0.2, 0.25) is 0 Å². The number of aliphatic hydroxyl groups is 2. The monoisotopic (exact) mass is 538 g/mol. The molecule has 0 radical (unpaired) electrons. The Morgan fingerprint density at radius 3 is 2.50 bits per heavy atom. The summed E-state index contributed by atoms with van der Waals surface area (Å²) in [4.78, 5) is 58.7. The van der Waals surface area contributed by atoms with Gasteiger partial charge in [0.2, 0.25) is 0 Å². The van der Waals surface area contributed by atoms with Crippen LogP contribution >= 0.6 is 22.4 Å². The number of nitrogens with zero attached hydrogens (tertiary/aromatic N) is 3. The minimum Gasteiger partial charge on any atom is -0.387 e. The lowest BCUT2D eigenvalue weighted by Gasteiger charge is -2.21. The van der Waals surface area contributed by atoms with E-state index in [0.717, 1.165) is 6.33 Å². The molecule has 1 aliphatic rings. The van der Waals surface area contributed by atoms with Crippen LogP contribution in [0, 0.1) is 6.92 Å². The van der Waals surface area contributed by atoms with Gasteiger partial charge in [0.15, 0.2) is 17.4 Å². The molecule has 3 unspecified atom stereocenters. The molecule has 17 nitrogen and oxygen atoms in total. The summed E-state index contributed by atoms with van der Waals surface area (Å²) in [6.07, 6.45) is -4.72. The van der Waals surface area contributed by atoms with E-state index < -0.39 is 59.1 Å². The lowest BCUT2D eigenvalue weighted by atomic mass is 10.1. The fraction of sp³-hybridized carbons (Fsp3) is 0.545. The first-order valence-corrected chi connectivity index (χ1v) is 13.9. The molecule has 32 heavy (non-hydrogen) atoms. The van der Waals surface area contributed by atoms with Gasteiger partial charge in [0, 0.05) is 0 Å². The van der Waals surface area contributed by atoms with Gasteiger partial charge in [-0.05, 0) is 18.7 Å². The second-order valence-corrected chi connectivity index (χ2v) is 12.2. The topological polar surface area (TPSA) is 256 Å². The van der Waals surface area contributed by atoms with Crippen molar-refractivity contribution in [3.63, 3.8) is 0 Å². The molecular formula is C11H17N4O13P3S. The van der Waals surface area contributed by atoms with Crippen LogP contribution < -0.4 is 5.56 Å². The maximum Gasteiger partial charge on any atom is 0.488 e. The van der Waals surface area contributed by atoms with Gasteiger partial charge in [-0.2, -0.15) is 4.31 Å². The number of phosphoric acid groups is 2. The number of H-pyrrole nitrogens is 1. The van der Waals surface area contributed by atoms with Gasteiger partial charge >= 0.3 is 22.4 Å². The molecule has 180 valence electrons. The van der Waals surface area contributed by atoms with E-state index in [2.05, 4.69) is 35.4 Å². The molecule has 1 fully saturated rings. The minimum absolute atomic E-state index is 0.0514. The van der Waals surface area contributed by atoms with E-state index in [0.29, 0.717) is 0 Å². The maximum atomic E-state index is 12.0. The zero-order valence-corrected chi connectivity index (χ0v) is 19.2. The lowest BCUT2D eigenvalue weighted by molar-refractivity contribution is -0.0486. The van der Waals surface area contributed by atoms with Gasteiger partial charge in [-0.15, -0.1) is 0 Å². The van der Waals surface area contributed by atoms with E-state index in [1.54, 1.807) is 0 Å². The zero-order chi connectivity index (χ0) is 24.1. The number of nitrogens with one attached hydrogen (secondary N) is 1. The van der Waals surface area contributed by atoms with Crippen LogP contribution in [0.1, 0.15) is 12.1 Å². The van der Waals surface area contributed by atoms with E-state index in [1.165, 1.54) is 11.5 Å². The van der Waals surface area contributed by atoms with Gasteiger partial charge in [-0.1, -0.05) is 0 Å². The van der Waals surface area contributed by atoms with Crippen molar-refractivity contribution in [1.82, 2.24) is 19.5 Å². The number of aromatic nitrogens is 4. The number of aryl methyl sites for hydroxylation is 1. The second-order valence-electron chi connectivity index (χ2n) is 6.41. The summed E-state index contributed by atoms with van der Waals surface area (Å²) in [6.45, 7) is -3.89. The molecule has 0 saturated carbocycles. The van der Waals surface area contributed by atoms with Crippen LogP contribution in [0.25, 0.3) is 11.2 Å². The third-order valence-corrected chi connectivity index (χ3v) is 8.70. The number of aliphatic hydroxyl groups excluding tert-OH is 2. The second kappa shape index (κ2) is 9.02. The summed E-state index contributed by atoms with van der Waals surface area (Å²) in [5.41, 5.74) is -0.540.